The van der Waals surface area contributed by atoms with Gasteiger partial charge in [0.2, 0.25) is 11.9 Å². The van der Waals surface area contributed by atoms with Gasteiger partial charge >= 0.3 is 0 Å². The summed E-state index contributed by atoms with van der Waals surface area (Å²) in [4.78, 5) is 22.5. The maximum atomic E-state index is 11.3. The lowest BCUT2D eigenvalue weighted by Crippen LogP contribution is -2.35. The van der Waals surface area contributed by atoms with Gasteiger partial charge in [-0.2, -0.15) is 0 Å². The van der Waals surface area contributed by atoms with Crippen molar-refractivity contribution in [2.45, 2.75) is 58.0 Å². The number of amides is 1. The summed E-state index contributed by atoms with van der Waals surface area (Å²) in [5.41, 5.74) is 1.74. The number of anilines is 1. The molecule has 1 atom stereocenters. The van der Waals surface area contributed by atoms with E-state index in [-0.39, 0.29) is 6.04 Å². The number of carbonyl (C=O) groups is 1. The van der Waals surface area contributed by atoms with Crippen molar-refractivity contribution in [1.29, 1.82) is 0 Å². The molecule has 22 heavy (non-hydrogen) atoms. The van der Waals surface area contributed by atoms with Crippen LogP contribution in [0.25, 0.3) is 0 Å². The Labute approximate surface area is 132 Å². The van der Waals surface area contributed by atoms with Crippen molar-refractivity contribution in [2.24, 2.45) is 0 Å². The zero-order valence-corrected chi connectivity index (χ0v) is 13.7. The first-order valence-corrected chi connectivity index (χ1v) is 7.99. The molecule has 0 spiro atoms. The lowest BCUT2D eigenvalue weighted by atomic mass is 9.95. The van der Waals surface area contributed by atoms with Crippen molar-refractivity contribution >= 4 is 11.9 Å². The molecular weight excluding hydrogens is 280 g/mol. The summed E-state index contributed by atoms with van der Waals surface area (Å²) in [5, 5.41) is 11.5. The second-order valence-electron chi connectivity index (χ2n) is 6.06. The Balaban J connectivity index is 2.09. The van der Waals surface area contributed by atoms with E-state index in [1.807, 2.05) is 13.8 Å². The highest BCUT2D eigenvalue weighted by molar-refractivity contribution is 5.77. The third-order valence-electron chi connectivity index (χ3n) is 4.43. The number of aromatic nitrogens is 2. The van der Waals surface area contributed by atoms with Crippen molar-refractivity contribution in [3.05, 3.63) is 17.5 Å². The maximum Gasteiger partial charge on any atom is 0.246 e. The number of rotatable bonds is 5. The van der Waals surface area contributed by atoms with Gasteiger partial charge in [-0.3, -0.25) is 4.79 Å². The molecule has 2 rings (SSSR count). The molecule has 0 aliphatic heterocycles. The van der Waals surface area contributed by atoms with Crippen LogP contribution in [-0.4, -0.2) is 40.7 Å². The van der Waals surface area contributed by atoms with Crippen LogP contribution in [0.4, 0.5) is 5.95 Å². The molecule has 1 aromatic rings. The molecule has 1 aliphatic carbocycles. The lowest BCUT2D eigenvalue weighted by Gasteiger charge is -2.31. The van der Waals surface area contributed by atoms with E-state index in [1.54, 1.807) is 6.20 Å². The molecule has 1 saturated carbocycles. The van der Waals surface area contributed by atoms with Crippen molar-refractivity contribution in [3.63, 3.8) is 0 Å². The minimum Gasteiger partial charge on any atom is -0.387 e. The van der Waals surface area contributed by atoms with E-state index >= 15 is 0 Å². The van der Waals surface area contributed by atoms with E-state index in [2.05, 4.69) is 27.2 Å². The Kier molecular flexibility index (Phi) is 5.71. The van der Waals surface area contributed by atoms with Gasteiger partial charge in [-0.1, -0.05) is 19.3 Å². The molecule has 6 nitrogen and oxygen atoms in total. The Morgan fingerprint density at radius 3 is 2.73 bits per heavy atom. The van der Waals surface area contributed by atoms with Gasteiger partial charge in [0, 0.05) is 30.5 Å². The zero-order chi connectivity index (χ0) is 16.1. The fourth-order valence-corrected chi connectivity index (χ4v) is 3.06. The number of hydrogen-bond donors (Lipinski definition) is 2. The molecule has 0 aromatic carbocycles. The molecule has 1 heterocycles. The summed E-state index contributed by atoms with van der Waals surface area (Å²) >= 11 is 0. The summed E-state index contributed by atoms with van der Waals surface area (Å²) < 4.78 is 0. The molecule has 6 heteroatoms. The molecule has 0 radical (unpaired) electrons. The van der Waals surface area contributed by atoms with E-state index in [1.165, 1.54) is 32.1 Å². The fraction of sp³-hybridized carbons (Fsp3) is 0.688. The first-order chi connectivity index (χ1) is 10.5. The van der Waals surface area contributed by atoms with Gasteiger partial charge in [0.15, 0.2) is 0 Å². The Hall–Kier alpha value is -1.69. The van der Waals surface area contributed by atoms with Crippen molar-refractivity contribution in [2.75, 3.05) is 18.6 Å². The van der Waals surface area contributed by atoms with E-state index in [4.69, 9.17) is 5.11 Å². The third-order valence-corrected chi connectivity index (χ3v) is 4.43. The summed E-state index contributed by atoms with van der Waals surface area (Å²) in [6, 6.07) is 0.305. The molecule has 1 fully saturated rings. The van der Waals surface area contributed by atoms with Gasteiger partial charge in [-0.15, -0.1) is 0 Å². The first-order valence-electron chi connectivity index (χ1n) is 7.99. The molecule has 122 valence electrons. The number of carbonyl (C=O) groups excluding carboxylic acids is 1. The largest absolute Gasteiger partial charge is 0.387 e. The Morgan fingerprint density at radius 1 is 1.45 bits per heavy atom. The highest BCUT2D eigenvalue weighted by Gasteiger charge is 2.21. The van der Waals surface area contributed by atoms with Gasteiger partial charge in [0.05, 0.1) is 6.04 Å². The number of nitrogens with one attached hydrogen (secondary N) is 1. The molecular formula is C16H26N4O2. The van der Waals surface area contributed by atoms with Crippen LogP contribution in [0, 0.1) is 6.92 Å². The van der Waals surface area contributed by atoms with Crippen LogP contribution in [0.2, 0.25) is 0 Å². The molecule has 0 unspecified atom stereocenters. The van der Waals surface area contributed by atoms with Gasteiger partial charge in [-0.25, -0.2) is 9.97 Å². The number of hydrogen-bond acceptors (Lipinski definition) is 5. The molecule has 1 aromatic heterocycles. The zero-order valence-electron chi connectivity index (χ0n) is 13.7. The van der Waals surface area contributed by atoms with E-state index in [0.717, 1.165) is 17.2 Å². The summed E-state index contributed by atoms with van der Waals surface area (Å²) in [7, 11) is 2.06. The number of aliphatic hydroxyl groups is 1. The van der Waals surface area contributed by atoms with Gasteiger partial charge in [0.1, 0.15) is 6.61 Å². The average molecular weight is 306 g/mol. The van der Waals surface area contributed by atoms with E-state index in [0.29, 0.717) is 6.04 Å². The predicted octanol–water partition coefficient (Wildman–Crippen LogP) is 1.72. The van der Waals surface area contributed by atoms with Crippen LogP contribution in [0.5, 0.6) is 0 Å². The van der Waals surface area contributed by atoms with Crippen LogP contribution in [0.3, 0.4) is 0 Å². The van der Waals surface area contributed by atoms with Gasteiger partial charge in [0.25, 0.3) is 0 Å². The van der Waals surface area contributed by atoms with Crippen LogP contribution < -0.4 is 10.2 Å². The molecule has 0 saturated heterocycles. The number of aryl methyl sites for hydroxylation is 1. The summed E-state index contributed by atoms with van der Waals surface area (Å²) in [6.45, 7) is 3.29. The molecule has 1 aliphatic rings. The number of aliphatic hydroxyl groups excluding tert-OH is 1. The smallest absolute Gasteiger partial charge is 0.246 e. The minimum atomic E-state index is -0.507. The van der Waals surface area contributed by atoms with Crippen LogP contribution in [0.15, 0.2) is 6.20 Å². The second-order valence-corrected chi connectivity index (χ2v) is 6.06. The maximum absolute atomic E-state index is 11.3. The molecule has 2 N–H and O–H groups in total. The monoisotopic (exact) mass is 306 g/mol. The standard InChI is InChI=1S/C16H26N4O2/c1-11(18-15(22)10-21)14-9-17-16(19-12(14)2)20(3)13-7-5-4-6-8-13/h9,11,13,21H,4-8,10H2,1-3H3,(H,18,22)/t11-/m0/s1. The van der Waals surface area contributed by atoms with Crippen LogP contribution >= 0.6 is 0 Å². The third kappa shape index (κ3) is 3.94. The summed E-state index contributed by atoms with van der Waals surface area (Å²) in [5.74, 6) is 0.351. The SMILES string of the molecule is Cc1nc(N(C)C2CCCCC2)ncc1[C@H](C)NC(=O)CO. The highest BCUT2D eigenvalue weighted by Crippen LogP contribution is 2.25. The fourth-order valence-electron chi connectivity index (χ4n) is 3.06. The van der Waals surface area contributed by atoms with Crippen molar-refractivity contribution < 1.29 is 9.90 Å². The van der Waals surface area contributed by atoms with Crippen molar-refractivity contribution in [1.82, 2.24) is 15.3 Å². The lowest BCUT2D eigenvalue weighted by molar-refractivity contribution is -0.124. The second kappa shape index (κ2) is 7.54. The molecule has 1 amide bonds. The highest BCUT2D eigenvalue weighted by atomic mass is 16.3. The number of nitrogens with zero attached hydrogens (tertiary/aromatic N) is 3. The summed E-state index contributed by atoms with van der Waals surface area (Å²) in [6.07, 6.45) is 8.05. The van der Waals surface area contributed by atoms with Crippen LogP contribution in [-0.2, 0) is 4.79 Å². The van der Waals surface area contributed by atoms with Crippen LogP contribution in [0.1, 0.15) is 56.3 Å². The normalized spacial score (nSPS) is 17.1. The average Bonchev–Trinajstić information content (AvgIpc) is 2.54. The van der Waals surface area contributed by atoms with Gasteiger partial charge < -0.3 is 15.3 Å². The van der Waals surface area contributed by atoms with E-state index in [9.17, 15) is 4.79 Å². The predicted molar refractivity (Wildman–Crippen MR) is 85.7 cm³/mol. The first kappa shape index (κ1) is 16.7. The van der Waals surface area contributed by atoms with Crippen molar-refractivity contribution in [3.8, 4) is 0 Å². The topological polar surface area (TPSA) is 78.4 Å². The quantitative estimate of drug-likeness (QED) is 0.866. The Bertz CT molecular complexity index is 515. The van der Waals surface area contributed by atoms with Gasteiger partial charge in [-0.05, 0) is 26.7 Å². The molecule has 0 bridgehead atoms. The Morgan fingerprint density at radius 2 is 2.14 bits per heavy atom. The van der Waals surface area contributed by atoms with E-state index < -0.39 is 12.5 Å². The minimum absolute atomic E-state index is 0.214.